The fraction of sp³-hybridized carbons (Fsp3) is 0.824. The molecule has 1 N–H and O–H groups in total. The number of rotatable bonds is 4. The fourth-order valence-electron chi connectivity index (χ4n) is 4.22. The minimum atomic E-state index is 0.287. The van der Waals surface area contributed by atoms with Gasteiger partial charge in [-0.2, -0.15) is 4.98 Å². The maximum Gasteiger partial charge on any atom is 0.226 e. The maximum absolute atomic E-state index is 12.8. The maximum atomic E-state index is 12.8. The first kappa shape index (κ1) is 16.0. The Labute approximate surface area is 142 Å². The fourth-order valence-corrected chi connectivity index (χ4v) is 4.22. The van der Waals surface area contributed by atoms with Crippen molar-refractivity contribution < 1.29 is 9.32 Å². The Morgan fingerprint density at radius 2 is 2.04 bits per heavy atom. The molecule has 3 fully saturated rings. The van der Waals surface area contributed by atoms with Crippen molar-refractivity contribution in [3.63, 3.8) is 0 Å². The zero-order valence-electron chi connectivity index (χ0n) is 14.5. The highest BCUT2D eigenvalue weighted by Gasteiger charge is 2.58. The third-order valence-electron chi connectivity index (χ3n) is 5.95. The molecular weight excluding hydrogens is 306 g/mol. The number of nitrogens with zero attached hydrogens (tertiary/aromatic N) is 4. The van der Waals surface area contributed by atoms with Gasteiger partial charge in [0.05, 0.1) is 6.54 Å². The van der Waals surface area contributed by atoms with Crippen molar-refractivity contribution in [1.82, 2.24) is 25.3 Å². The second-order valence-electron chi connectivity index (χ2n) is 7.43. The number of aryl methyl sites for hydroxylation is 1. The summed E-state index contributed by atoms with van der Waals surface area (Å²) < 4.78 is 5.16. The van der Waals surface area contributed by atoms with E-state index >= 15 is 0 Å². The first-order chi connectivity index (χ1) is 11.7. The second kappa shape index (κ2) is 6.44. The second-order valence-corrected chi connectivity index (χ2v) is 7.43. The van der Waals surface area contributed by atoms with E-state index in [2.05, 4.69) is 25.3 Å². The SMILES string of the molecule is CCc1nc(CN2CCN(C(=O)C3CC34CCNCC4)CC2)no1. The van der Waals surface area contributed by atoms with Crippen LogP contribution in [0.1, 0.15) is 37.9 Å². The number of piperazine rings is 1. The lowest BCUT2D eigenvalue weighted by Crippen LogP contribution is -2.49. The Kier molecular flexibility index (Phi) is 4.30. The standard InChI is InChI=1S/C17H27N5O2/c1-2-15-19-14(20-24-15)12-21-7-9-22(10-8-21)16(23)13-11-17(13)3-5-18-6-4-17/h13,18H,2-12H2,1H3. The quantitative estimate of drug-likeness (QED) is 0.873. The Morgan fingerprint density at radius 3 is 2.71 bits per heavy atom. The average molecular weight is 333 g/mol. The number of amides is 1. The number of piperidine rings is 1. The zero-order chi connectivity index (χ0) is 16.6. The van der Waals surface area contributed by atoms with Gasteiger partial charge in [0.25, 0.3) is 0 Å². The van der Waals surface area contributed by atoms with E-state index in [1.54, 1.807) is 0 Å². The van der Waals surface area contributed by atoms with Gasteiger partial charge in [-0.3, -0.25) is 9.69 Å². The summed E-state index contributed by atoms with van der Waals surface area (Å²) in [6.07, 6.45) is 4.21. The minimum absolute atomic E-state index is 0.287. The molecule has 4 rings (SSSR count). The minimum Gasteiger partial charge on any atom is -0.340 e. The molecule has 1 aromatic heterocycles. The number of carbonyl (C=O) groups is 1. The van der Waals surface area contributed by atoms with Gasteiger partial charge in [0.15, 0.2) is 5.82 Å². The van der Waals surface area contributed by atoms with Crippen molar-refractivity contribution in [3.05, 3.63) is 11.7 Å². The molecule has 7 heteroatoms. The van der Waals surface area contributed by atoms with Crippen molar-refractivity contribution in [2.75, 3.05) is 39.3 Å². The van der Waals surface area contributed by atoms with Gasteiger partial charge in [-0.05, 0) is 37.8 Å². The number of aromatic nitrogens is 2. The highest BCUT2D eigenvalue weighted by atomic mass is 16.5. The van der Waals surface area contributed by atoms with E-state index in [0.717, 1.165) is 57.9 Å². The average Bonchev–Trinajstić information content (AvgIpc) is 3.10. The molecule has 0 aromatic carbocycles. The Hall–Kier alpha value is -1.47. The highest BCUT2D eigenvalue weighted by molar-refractivity contribution is 5.82. The summed E-state index contributed by atoms with van der Waals surface area (Å²) in [7, 11) is 0. The molecule has 0 bridgehead atoms. The molecule has 1 aliphatic carbocycles. The highest BCUT2D eigenvalue weighted by Crippen LogP contribution is 2.59. The van der Waals surface area contributed by atoms with Crippen LogP contribution in [0.15, 0.2) is 4.52 Å². The van der Waals surface area contributed by atoms with Crippen molar-refractivity contribution >= 4 is 5.91 Å². The smallest absolute Gasteiger partial charge is 0.226 e. The third kappa shape index (κ3) is 3.07. The summed E-state index contributed by atoms with van der Waals surface area (Å²) in [6, 6.07) is 0. The summed E-state index contributed by atoms with van der Waals surface area (Å²) in [4.78, 5) is 21.5. The van der Waals surface area contributed by atoms with Crippen LogP contribution < -0.4 is 5.32 Å². The van der Waals surface area contributed by atoms with E-state index in [9.17, 15) is 4.79 Å². The lowest BCUT2D eigenvalue weighted by Gasteiger charge is -2.35. The molecule has 1 unspecified atom stereocenters. The molecule has 3 aliphatic rings. The predicted octanol–water partition coefficient (Wildman–Crippen LogP) is 0.666. The molecule has 0 radical (unpaired) electrons. The van der Waals surface area contributed by atoms with Gasteiger partial charge in [0, 0.05) is 38.5 Å². The topological polar surface area (TPSA) is 74.5 Å². The first-order valence-electron chi connectivity index (χ1n) is 9.23. The molecule has 24 heavy (non-hydrogen) atoms. The van der Waals surface area contributed by atoms with Crippen LogP contribution in [0.25, 0.3) is 0 Å². The molecule has 1 amide bonds. The summed E-state index contributed by atoms with van der Waals surface area (Å²) >= 11 is 0. The molecule has 132 valence electrons. The Morgan fingerprint density at radius 1 is 1.29 bits per heavy atom. The van der Waals surface area contributed by atoms with Gasteiger partial charge in [-0.25, -0.2) is 0 Å². The monoisotopic (exact) mass is 333 g/mol. The van der Waals surface area contributed by atoms with E-state index in [1.165, 1.54) is 12.8 Å². The van der Waals surface area contributed by atoms with E-state index < -0.39 is 0 Å². The molecule has 7 nitrogen and oxygen atoms in total. The van der Waals surface area contributed by atoms with Gasteiger partial charge < -0.3 is 14.7 Å². The van der Waals surface area contributed by atoms with E-state index in [1.807, 2.05) is 6.92 Å². The van der Waals surface area contributed by atoms with Gasteiger partial charge in [0.1, 0.15) is 0 Å². The molecule has 1 atom stereocenters. The van der Waals surface area contributed by atoms with Crippen LogP contribution in [0, 0.1) is 11.3 Å². The zero-order valence-corrected chi connectivity index (χ0v) is 14.5. The summed E-state index contributed by atoms with van der Waals surface area (Å²) in [5, 5.41) is 7.42. The van der Waals surface area contributed by atoms with Crippen LogP contribution >= 0.6 is 0 Å². The largest absolute Gasteiger partial charge is 0.340 e. The van der Waals surface area contributed by atoms with Gasteiger partial charge in [-0.1, -0.05) is 12.1 Å². The molecule has 1 saturated carbocycles. The summed E-state index contributed by atoms with van der Waals surface area (Å²) in [5.41, 5.74) is 0.334. The first-order valence-corrected chi connectivity index (χ1v) is 9.23. The molecule has 2 aliphatic heterocycles. The van der Waals surface area contributed by atoms with Crippen LogP contribution in [-0.2, 0) is 17.8 Å². The molecule has 2 saturated heterocycles. The Bertz CT molecular complexity index is 588. The Balaban J connectivity index is 1.26. The van der Waals surface area contributed by atoms with Crippen molar-refractivity contribution in [3.8, 4) is 0 Å². The van der Waals surface area contributed by atoms with Gasteiger partial charge >= 0.3 is 0 Å². The van der Waals surface area contributed by atoms with Crippen molar-refractivity contribution in [2.24, 2.45) is 11.3 Å². The van der Waals surface area contributed by atoms with E-state index in [-0.39, 0.29) is 5.92 Å². The predicted molar refractivity (Wildman–Crippen MR) is 88.2 cm³/mol. The van der Waals surface area contributed by atoms with Crippen LogP contribution in [0.2, 0.25) is 0 Å². The van der Waals surface area contributed by atoms with Crippen LogP contribution in [-0.4, -0.2) is 65.1 Å². The lowest BCUT2D eigenvalue weighted by molar-refractivity contribution is -0.135. The van der Waals surface area contributed by atoms with Crippen LogP contribution in [0.5, 0.6) is 0 Å². The third-order valence-corrected chi connectivity index (χ3v) is 5.95. The molecule has 1 aromatic rings. The van der Waals surface area contributed by atoms with E-state index in [0.29, 0.717) is 23.8 Å². The normalized spacial score (nSPS) is 26.7. The molecule has 3 heterocycles. The lowest BCUT2D eigenvalue weighted by atomic mass is 9.91. The van der Waals surface area contributed by atoms with E-state index in [4.69, 9.17) is 4.52 Å². The van der Waals surface area contributed by atoms with Crippen LogP contribution in [0.3, 0.4) is 0 Å². The number of hydrogen-bond donors (Lipinski definition) is 1. The van der Waals surface area contributed by atoms with Crippen molar-refractivity contribution in [1.29, 1.82) is 0 Å². The number of hydrogen-bond acceptors (Lipinski definition) is 6. The molecule has 1 spiro atoms. The summed E-state index contributed by atoms with van der Waals surface area (Å²) in [6.45, 7) is 8.29. The number of carbonyl (C=O) groups excluding carboxylic acids is 1. The molecular formula is C17H27N5O2. The number of nitrogens with one attached hydrogen (secondary N) is 1. The van der Waals surface area contributed by atoms with Gasteiger partial charge in [0.2, 0.25) is 11.8 Å². The van der Waals surface area contributed by atoms with Crippen molar-refractivity contribution in [2.45, 2.75) is 39.2 Å². The summed E-state index contributed by atoms with van der Waals surface area (Å²) in [5.74, 6) is 2.13. The van der Waals surface area contributed by atoms with Crippen LogP contribution in [0.4, 0.5) is 0 Å². The van der Waals surface area contributed by atoms with Gasteiger partial charge in [-0.15, -0.1) is 0 Å².